The van der Waals surface area contributed by atoms with Crippen molar-refractivity contribution in [1.82, 2.24) is 15.3 Å². The summed E-state index contributed by atoms with van der Waals surface area (Å²) >= 11 is 6.42. The molecule has 2 N–H and O–H groups in total. The zero-order valence-electron chi connectivity index (χ0n) is 12.8. The highest BCUT2D eigenvalue weighted by atomic mass is 35.5. The lowest BCUT2D eigenvalue weighted by Crippen LogP contribution is -2.33. The Labute approximate surface area is 140 Å². The fourth-order valence-corrected chi connectivity index (χ4v) is 3.09. The molecule has 1 aliphatic heterocycles. The van der Waals surface area contributed by atoms with Crippen LogP contribution >= 0.6 is 11.6 Å². The molecule has 1 aromatic heterocycles. The lowest BCUT2D eigenvalue weighted by molar-refractivity contribution is 0.0278. The van der Waals surface area contributed by atoms with E-state index < -0.39 is 0 Å². The number of nitrogens with zero attached hydrogens (tertiary/aromatic N) is 2. The van der Waals surface area contributed by atoms with E-state index in [4.69, 9.17) is 16.3 Å². The zero-order valence-corrected chi connectivity index (χ0v) is 13.5. The molecule has 2 aromatic rings. The zero-order chi connectivity index (χ0) is 15.6. The molecule has 23 heavy (non-hydrogen) atoms. The molecule has 5 nitrogen and oxygen atoms in total. The monoisotopic (exact) mass is 330 g/mol. The predicted molar refractivity (Wildman–Crippen MR) is 90.3 cm³/mol. The second-order valence-electron chi connectivity index (χ2n) is 6.04. The Hall–Kier alpha value is -1.69. The summed E-state index contributed by atoms with van der Waals surface area (Å²) in [6.45, 7) is 2.39. The number of benzene rings is 1. The van der Waals surface area contributed by atoms with Crippen LogP contribution in [0.5, 0.6) is 0 Å². The first-order valence-electron chi connectivity index (χ1n) is 8.00. The first-order valence-corrected chi connectivity index (χ1v) is 8.38. The van der Waals surface area contributed by atoms with Crippen LogP contribution in [0.25, 0.3) is 0 Å². The van der Waals surface area contributed by atoms with Crippen LogP contribution in [0.3, 0.4) is 0 Å². The molecule has 120 valence electrons. The number of hydrogen-bond donors (Lipinski definition) is 2. The average molecular weight is 331 g/mol. The number of morpholine rings is 1. The minimum atomic E-state index is 0.0133. The lowest BCUT2D eigenvalue weighted by atomic mass is 10.1. The molecule has 0 radical (unpaired) electrons. The summed E-state index contributed by atoms with van der Waals surface area (Å²) < 4.78 is 5.75. The Morgan fingerprint density at radius 3 is 2.70 bits per heavy atom. The van der Waals surface area contributed by atoms with Gasteiger partial charge >= 0.3 is 0 Å². The maximum Gasteiger partial charge on any atom is 0.227 e. The summed E-state index contributed by atoms with van der Waals surface area (Å²) in [6.07, 6.45) is 6.34. The van der Waals surface area contributed by atoms with Crippen LogP contribution in [0.2, 0.25) is 5.02 Å². The van der Waals surface area contributed by atoms with Gasteiger partial charge < -0.3 is 15.4 Å². The minimum Gasteiger partial charge on any atom is -0.371 e. The molecule has 1 aliphatic carbocycles. The van der Waals surface area contributed by atoms with E-state index in [1.807, 2.05) is 30.6 Å². The van der Waals surface area contributed by atoms with E-state index in [1.165, 1.54) is 18.4 Å². The third-order valence-corrected chi connectivity index (χ3v) is 4.58. The van der Waals surface area contributed by atoms with E-state index in [1.54, 1.807) is 0 Å². The minimum absolute atomic E-state index is 0.0133. The standard InChI is InChI=1S/C17H19ClN4O/c18-15-7-13(3-4-14(15)16-10-19-5-6-23-16)22-17-20-8-12(9-21-17)11-1-2-11/h3-4,7-9,11,16,19H,1-2,5-6,10H2,(H,20,21,22)/t16-/m0/s1. The Morgan fingerprint density at radius 2 is 2.04 bits per heavy atom. The van der Waals surface area contributed by atoms with Crippen LogP contribution in [-0.2, 0) is 4.74 Å². The molecule has 2 aliphatic rings. The van der Waals surface area contributed by atoms with E-state index in [0.29, 0.717) is 23.5 Å². The quantitative estimate of drug-likeness (QED) is 0.899. The molecular weight excluding hydrogens is 312 g/mol. The largest absolute Gasteiger partial charge is 0.371 e. The van der Waals surface area contributed by atoms with E-state index in [9.17, 15) is 0 Å². The summed E-state index contributed by atoms with van der Waals surface area (Å²) in [7, 11) is 0. The van der Waals surface area contributed by atoms with E-state index >= 15 is 0 Å². The summed E-state index contributed by atoms with van der Waals surface area (Å²) in [5.41, 5.74) is 3.11. The van der Waals surface area contributed by atoms with Gasteiger partial charge in [0.1, 0.15) is 0 Å². The highest BCUT2D eigenvalue weighted by Crippen LogP contribution is 2.39. The second-order valence-corrected chi connectivity index (χ2v) is 6.45. The van der Waals surface area contributed by atoms with Crippen molar-refractivity contribution in [2.24, 2.45) is 0 Å². The van der Waals surface area contributed by atoms with Gasteiger partial charge in [-0.3, -0.25) is 0 Å². The number of ether oxygens (including phenoxy) is 1. The Kier molecular flexibility index (Phi) is 4.16. The average Bonchev–Trinajstić information content (AvgIpc) is 3.42. The third kappa shape index (κ3) is 3.47. The van der Waals surface area contributed by atoms with Crippen molar-refractivity contribution in [3.63, 3.8) is 0 Å². The molecule has 0 bridgehead atoms. The van der Waals surface area contributed by atoms with Crippen LogP contribution in [-0.4, -0.2) is 29.7 Å². The van der Waals surface area contributed by atoms with Gasteiger partial charge in [-0.1, -0.05) is 17.7 Å². The molecule has 2 heterocycles. The first kappa shape index (κ1) is 14.9. The van der Waals surface area contributed by atoms with Gasteiger partial charge in [0.05, 0.1) is 12.7 Å². The van der Waals surface area contributed by atoms with Gasteiger partial charge in [-0.25, -0.2) is 9.97 Å². The summed E-state index contributed by atoms with van der Waals surface area (Å²) in [4.78, 5) is 8.75. The normalized spacial score (nSPS) is 21.2. The third-order valence-electron chi connectivity index (χ3n) is 4.25. The van der Waals surface area contributed by atoms with E-state index in [2.05, 4.69) is 20.6 Å². The number of hydrogen-bond acceptors (Lipinski definition) is 5. The molecular formula is C17H19ClN4O. The van der Waals surface area contributed by atoms with Crippen molar-refractivity contribution in [2.75, 3.05) is 25.0 Å². The molecule has 1 saturated heterocycles. The fourth-order valence-electron chi connectivity index (χ4n) is 2.79. The van der Waals surface area contributed by atoms with Crippen LogP contribution in [0, 0.1) is 0 Å². The maximum atomic E-state index is 6.42. The first-order chi connectivity index (χ1) is 11.3. The Bertz CT molecular complexity index is 681. The van der Waals surface area contributed by atoms with E-state index in [-0.39, 0.29) is 6.10 Å². The molecule has 1 saturated carbocycles. The van der Waals surface area contributed by atoms with Gasteiger partial charge in [0.15, 0.2) is 0 Å². The van der Waals surface area contributed by atoms with Gasteiger partial charge in [-0.2, -0.15) is 0 Å². The number of rotatable bonds is 4. The SMILES string of the molecule is Clc1cc(Nc2ncc(C3CC3)cn2)ccc1[C@@H]1CNCCO1. The van der Waals surface area contributed by atoms with Gasteiger partial charge in [-0.05, 0) is 36.5 Å². The number of anilines is 2. The molecule has 0 amide bonds. The maximum absolute atomic E-state index is 6.42. The van der Waals surface area contributed by atoms with Gasteiger partial charge in [0.2, 0.25) is 5.95 Å². The number of aromatic nitrogens is 2. The van der Waals surface area contributed by atoms with Gasteiger partial charge in [0.25, 0.3) is 0 Å². The molecule has 6 heteroatoms. The number of halogens is 1. The van der Waals surface area contributed by atoms with Crippen molar-refractivity contribution >= 4 is 23.2 Å². The lowest BCUT2D eigenvalue weighted by Gasteiger charge is -2.25. The van der Waals surface area contributed by atoms with Crippen molar-refractivity contribution in [3.8, 4) is 0 Å². The van der Waals surface area contributed by atoms with Crippen molar-refractivity contribution in [2.45, 2.75) is 24.9 Å². The fraction of sp³-hybridized carbons (Fsp3) is 0.412. The highest BCUT2D eigenvalue weighted by Gasteiger charge is 2.24. The van der Waals surface area contributed by atoms with Crippen molar-refractivity contribution < 1.29 is 4.74 Å². The molecule has 2 fully saturated rings. The highest BCUT2D eigenvalue weighted by molar-refractivity contribution is 6.31. The van der Waals surface area contributed by atoms with Crippen LogP contribution in [0.15, 0.2) is 30.6 Å². The van der Waals surface area contributed by atoms with Gasteiger partial charge in [0, 0.05) is 41.8 Å². The Morgan fingerprint density at radius 1 is 1.22 bits per heavy atom. The summed E-state index contributed by atoms with van der Waals surface area (Å²) in [6, 6.07) is 5.88. The van der Waals surface area contributed by atoms with Crippen molar-refractivity contribution in [1.29, 1.82) is 0 Å². The van der Waals surface area contributed by atoms with Crippen LogP contribution in [0.1, 0.15) is 36.0 Å². The molecule has 1 aromatic carbocycles. The summed E-state index contributed by atoms with van der Waals surface area (Å²) in [5, 5.41) is 7.21. The number of nitrogens with one attached hydrogen (secondary N) is 2. The predicted octanol–water partition coefficient (Wildman–Crippen LogP) is 3.41. The Balaban J connectivity index is 1.47. The topological polar surface area (TPSA) is 59.1 Å². The molecule has 0 unspecified atom stereocenters. The van der Waals surface area contributed by atoms with E-state index in [0.717, 1.165) is 24.3 Å². The smallest absolute Gasteiger partial charge is 0.227 e. The van der Waals surface area contributed by atoms with Gasteiger partial charge in [-0.15, -0.1) is 0 Å². The van der Waals surface area contributed by atoms with Crippen molar-refractivity contribution in [3.05, 3.63) is 46.7 Å². The molecule has 1 atom stereocenters. The molecule has 4 rings (SSSR count). The second kappa shape index (κ2) is 6.43. The van der Waals surface area contributed by atoms with Crippen LogP contribution in [0.4, 0.5) is 11.6 Å². The molecule has 0 spiro atoms. The summed E-state index contributed by atoms with van der Waals surface area (Å²) in [5.74, 6) is 1.26. The van der Waals surface area contributed by atoms with Crippen LogP contribution < -0.4 is 10.6 Å².